The number of carbonyl (C=O) groups excluding carboxylic acids is 2. The van der Waals surface area contributed by atoms with Gasteiger partial charge in [-0.1, -0.05) is 49.4 Å². The lowest BCUT2D eigenvalue weighted by Crippen LogP contribution is -2.38. The first-order chi connectivity index (χ1) is 10.5. The molecule has 3 rings (SSSR count). The third kappa shape index (κ3) is 2.22. The van der Waals surface area contributed by atoms with Crippen LogP contribution in [0.15, 0.2) is 42.5 Å². The fourth-order valence-electron chi connectivity index (χ4n) is 3.40. The van der Waals surface area contributed by atoms with Crippen molar-refractivity contribution in [3.05, 3.63) is 48.0 Å². The smallest absolute Gasteiger partial charge is 0.307 e. The molecule has 1 aliphatic heterocycles. The maximum atomic E-state index is 12.6. The highest BCUT2D eigenvalue weighted by Gasteiger charge is 2.54. The molecule has 5 nitrogen and oxygen atoms in total. The van der Waals surface area contributed by atoms with Gasteiger partial charge in [0, 0.05) is 0 Å². The standard InChI is InChI=1S/C17H17NO4/c1-10-7-8-12-14(13(10)17(21)22)16(20)18(15(12)19)9-11-5-3-2-4-6-11/h2-8,10,12-14H,9H2,1H3,(H,21,22). The molecule has 0 aromatic heterocycles. The van der Waals surface area contributed by atoms with Gasteiger partial charge in [-0.05, 0) is 11.5 Å². The highest BCUT2D eigenvalue weighted by molar-refractivity contribution is 6.07. The average molecular weight is 299 g/mol. The van der Waals surface area contributed by atoms with Crippen LogP contribution in [0.4, 0.5) is 0 Å². The Balaban J connectivity index is 1.91. The second-order valence-electron chi connectivity index (χ2n) is 5.91. The number of allylic oxidation sites excluding steroid dienone is 1. The van der Waals surface area contributed by atoms with E-state index < -0.39 is 23.7 Å². The van der Waals surface area contributed by atoms with Gasteiger partial charge in [0.25, 0.3) is 0 Å². The monoisotopic (exact) mass is 299 g/mol. The zero-order valence-electron chi connectivity index (χ0n) is 12.2. The van der Waals surface area contributed by atoms with E-state index in [9.17, 15) is 19.5 Å². The van der Waals surface area contributed by atoms with E-state index in [1.54, 1.807) is 19.1 Å². The van der Waals surface area contributed by atoms with Crippen LogP contribution in [0.25, 0.3) is 0 Å². The van der Waals surface area contributed by atoms with Crippen molar-refractivity contribution < 1.29 is 19.5 Å². The molecule has 2 aliphatic rings. The zero-order valence-corrected chi connectivity index (χ0v) is 12.2. The number of rotatable bonds is 3. The fourth-order valence-corrected chi connectivity index (χ4v) is 3.40. The number of nitrogens with zero attached hydrogens (tertiary/aromatic N) is 1. The summed E-state index contributed by atoms with van der Waals surface area (Å²) in [6.07, 6.45) is 3.43. The Labute approximate surface area is 128 Å². The van der Waals surface area contributed by atoms with E-state index in [0.29, 0.717) is 0 Å². The lowest BCUT2D eigenvalue weighted by Gasteiger charge is -2.28. The first-order valence-corrected chi connectivity index (χ1v) is 7.31. The number of carboxylic acid groups (broad SMARTS) is 1. The second-order valence-corrected chi connectivity index (χ2v) is 5.91. The van der Waals surface area contributed by atoms with Crippen molar-refractivity contribution in [3.63, 3.8) is 0 Å². The van der Waals surface area contributed by atoms with E-state index in [1.165, 1.54) is 4.90 Å². The summed E-state index contributed by atoms with van der Waals surface area (Å²) in [5, 5.41) is 9.42. The number of benzene rings is 1. The van der Waals surface area contributed by atoms with Gasteiger partial charge >= 0.3 is 5.97 Å². The second kappa shape index (κ2) is 5.40. The molecule has 4 atom stereocenters. The van der Waals surface area contributed by atoms with Crippen LogP contribution in [0.2, 0.25) is 0 Å². The maximum absolute atomic E-state index is 12.6. The SMILES string of the molecule is CC1C=CC2C(=O)N(Cc3ccccc3)C(=O)C2C1C(=O)O. The van der Waals surface area contributed by atoms with Gasteiger partial charge in [0.05, 0.1) is 24.3 Å². The third-order valence-corrected chi connectivity index (χ3v) is 4.53. The Morgan fingerprint density at radius 2 is 1.82 bits per heavy atom. The predicted octanol–water partition coefficient (Wildman–Crippen LogP) is 1.69. The van der Waals surface area contributed by atoms with E-state index in [2.05, 4.69) is 0 Å². The molecule has 1 N–H and O–H groups in total. The van der Waals surface area contributed by atoms with Gasteiger partial charge in [-0.2, -0.15) is 0 Å². The van der Waals surface area contributed by atoms with Crippen LogP contribution in [-0.4, -0.2) is 27.8 Å². The van der Waals surface area contributed by atoms with E-state index in [4.69, 9.17) is 0 Å². The highest BCUT2D eigenvalue weighted by Crippen LogP contribution is 2.41. The van der Waals surface area contributed by atoms with Crippen LogP contribution in [0.1, 0.15) is 12.5 Å². The van der Waals surface area contributed by atoms with Gasteiger partial charge in [-0.3, -0.25) is 19.3 Å². The zero-order chi connectivity index (χ0) is 15.9. The van der Waals surface area contributed by atoms with Crippen molar-refractivity contribution in [1.82, 2.24) is 4.90 Å². The quantitative estimate of drug-likeness (QED) is 0.681. The van der Waals surface area contributed by atoms with Crippen LogP contribution < -0.4 is 0 Å². The van der Waals surface area contributed by atoms with Gasteiger partial charge < -0.3 is 5.11 Å². The number of fused-ring (bicyclic) bond motifs is 1. The minimum atomic E-state index is -1.02. The number of likely N-dealkylation sites (tertiary alicyclic amines) is 1. The first-order valence-electron chi connectivity index (χ1n) is 7.31. The molecule has 22 heavy (non-hydrogen) atoms. The summed E-state index contributed by atoms with van der Waals surface area (Å²) in [5.41, 5.74) is 0.853. The molecule has 0 saturated carbocycles. The Bertz CT molecular complexity index is 652. The summed E-state index contributed by atoms with van der Waals surface area (Å²) in [5.74, 6) is -4.22. The molecule has 0 spiro atoms. The van der Waals surface area contributed by atoms with Gasteiger partial charge in [0.1, 0.15) is 0 Å². The number of aliphatic carboxylic acids is 1. The van der Waals surface area contributed by atoms with E-state index in [0.717, 1.165) is 5.56 Å². The molecule has 1 saturated heterocycles. The van der Waals surface area contributed by atoms with Gasteiger partial charge in [-0.25, -0.2) is 0 Å². The number of amides is 2. The summed E-state index contributed by atoms with van der Waals surface area (Å²) < 4.78 is 0. The predicted molar refractivity (Wildman–Crippen MR) is 78.4 cm³/mol. The molecule has 4 unspecified atom stereocenters. The van der Waals surface area contributed by atoms with Crippen LogP contribution in [0, 0.1) is 23.7 Å². The van der Waals surface area contributed by atoms with Gasteiger partial charge in [-0.15, -0.1) is 0 Å². The highest BCUT2D eigenvalue weighted by atomic mass is 16.4. The molecule has 5 heteroatoms. The summed E-state index contributed by atoms with van der Waals surface area (Å²) in [6.45, 7) is 1.96. The minimum absolute atomic E-state index is 0.195. The number of carboxylic acids is 1. The minimum Gasteiger partial charge on any atom is -0.481 e. The molecule has 1 heterocycles. The van der Waals surface area contributed by atoms with Gasteiger partial charge in [0.2, 0.25) is 11.8 Å². The summed E-state index contributed by atoms with van der Waals surface area (Å²) in [7, 11) is 0. The summed E-state index contributed by atoms with van der Waals surface area (Å²) in [6, 6.07) is 9.23. The number of imide groups is 1. The van der Waals surface area contributed by atoms with Crippen molar-refractivity contribution in [2.75, 3.05) is 0 Å². The third-order valence-electron chi connectivity index (χ3n) is 4.53. The molecular weight excluding hydrogens is 282 g/mol. The van der Waals surface area contributed by atoms with Crippen LogP contribution in [0.3, 0.4) is 0 Å². The lowest BCUT2D eigenvalue weighted by molar-refractivity contribution is -0.150. The van der Waals surface area contributed by atoms with E-state index >= 15 is 0 Å². The molecule has 1 aromatic carbocycles. The molecule has 114 valence electrons. The van der Waals surface area contributed by atoms with Crippen molar-refractivity contribution >= 4 is 17.8 Å². The van der Waals surface area contributed by atoms with E-state index in [1.807, 2.05) is 30.3 Å². The lowest BCUT2D eigenvalue weighted by atomic mass is 9.72. The van der Waals surface area contributed by atoms with Crippen LogP contribution >= 0.6 is 0 Å². The van der Waals surface area contributed by atoms with Crippen LogP contribution in [-0.2, 0) is 20.9 Å². The molecule has 1 aliphatic carbocycles. The van der Waals surface area contributed by atoms with Crippen molar-refractivity contribution in [3.8, 4) is 0 Å². The summed E-state index contributed by atoms with van der Waals surface area (Å²) >= 11 is 0. The van der Waals surface area contributed by atoms with Crippen molar-refractivity contribution in [2.45, 2.75) is 13.5 Å². The maximum Gasteiger partial charge on any atom is 0.307 e. The molecule has 2 amide bonds. The van der Waals surface area contributed by atoms with Crippen molar-refractivity contribution in [1.29, 1.82) is 0 Å². The van der Waals surface area contributed by atoms with Crippen LogP contribution in [0.5, 0.6) is 0 Å². The Morgan fingerprint density at radius 1 is 1.14 bits per heavy atom. The molecule has 0 radical (unpaired) electrons. The van der Waals surface area contributed by atoms with Crippen molar-refractivity contribution in [2.24, 2.45) is 23.7 Å². The summed E-state index contributed by atoms with van der Waals surface area (Å²) in [4.78, 5) is 37.8. The van der Waals surface area contributed by atoms with Gasteiger partial charge in [0.15, 0.2) is 0 Å². The Kier molecular flexibility index (Phi) is 3.56. The topological polar surface area (TPSA) is 74.7 Å². The Morgan fingerprint density at radius 3 is 2.45 bits per heavy atom. The number of hydrogen-bond donors (Lipinski definition) is 1. The molecular formula is C17H17NO4. The molecule has 1 fully saturated rings. The van der Waals surface area contributed by atoms with E-state index in [-0.39, 0.29) is 24.3 Å². The average Bonchev–Trinajstić information content (AvgIpc) is 2.73. The Hall–Kier alpha value is -2.43. The fraction of sp³-hybridized carbons (Fsp3) is 0.353. The normalized spacial score (nSPS) is 30.5. The first kappa shape index (κ1) is 14.5. The molecule has 0 bridgehead atoms. The largest absolute Gasteiger partial charge is 0.481 e. The number of carbonyl (C=O) groups is 3. The molecule has 1 aromatic rings. The number of hydrogen-bond acceptors (Lipinski definition) is 3.